The summed E-state index contributed by atoms with van der Waals surface area (Å²) in [5, 5.41) is 5.16. The van der Waals surface area contributed by atoms with E-state index in [1.165, 1.54) is 11.3 Å². The van der Waals surface area contributed by atoms with E-state index in [1.807, 2.05) is 31.2 Å². The second-order valence-electron chi connectivity index (χ2n) is 5.31. The number of benzene rings is 2. The Morgan fingerprint density at radius 1 is 1.12 bits per heavy atom. The van der Waals surface area contributed by atoms with Crippen LogP contribution >= 0.6 is 46.1 Å². The van der Waals surface area contributed by atoms with Crippen molar-refractivity contribution in [2.45, 2.75) is 13.5 Å². The smallest absolute Gasteiger partial charge is 0.253 e. The van der Waals surface area contributed by atoms with Crippen LogP contribution in [0.2, 0.25) is 15.1 Å². The Morgan fingerprint density at radius 2 is 1.88 bits per heavy atom. The molecule has 7 heteroatoms. The maximum Gasteiger partial charge on any atom is 0.253 e. The molecule has 0 atom stereocenters. The summed E-state index contributed by atoms with van der Waals surface area (Å²) in [7, 11) is 0. The van der Waals surface area contributed by atoms with Gasteiger partial charge in [0.2, 0.25) is 0 Å². The number of hydrogen-bond donors (Lipinski definition) is 1. The van der Waals surface area contributed by atoms with Gasteiger partial charge in [-0.2, -0.15) is 0 Å². The molecule has 3 aromatic rings. The predicted octanol–water partition coefficient (Wildman–Crippen LogP) is 6.01. The van der Waals surface area contributed by atoms with Gasteiger partial charge in [-0.15, -0.1) is 11.3 Å². The van der Waals surface area contributed by atoms with Crippen molar-refractivity contribution in [3.63, 3.8) is 0 Å². The Kier molecular flexibility index (Phi) is 5.64. The van der Waals surface area contributed by atoms with E-state index in [4.69, 9.17) is 34.8 Å². The second-order valence-corrected chi connectivity index (χ2v) is 7.65. The number of nitrogens with zero attached hydrogens (tertiary/aromatic N) is 1. The lowest BCUT2D eigenvalue weighted by Crippen LogP contribution is -2.23. The Morgan fingerprint density at radius 3 is 2.60 bits per heavy atom. The zero-order chi connectivity index (χ0) is 18.0. The first-order valence-electron chi connectivity index (χ1n) is 7.40. The monoisotopic (exact) mass is 410 g/mol. The van der Waals surface area contributed by atoms with Crippen LogP contribution < -0.4 is 5.32 Å². The molecule has 1 aromatic heterocycles. The first-order chi connectivity index (χ1) is 12.0. The van der Waals surface area contributed by atoms with Crippen molar-refractivity contribution in [2.24, 2.45) is 0 Å². The summed E-state index contributed by atoms with van der Waals surface area (Å²) in [6, 6.07) is 12.3. The summed E-state index contributed by atoms with van der Waals surface area (Å²) in [5.74, 6) is -0.256. The van der Waals surface area contributed by atoms with Crippen LogP contribution in [-0.4, -0.2) is 10.9 Å². The lowest BCUT2D eigenvalue weighted by Gasteiger charge is -2.06. The molecule has 2 aromatic carbocycles. The molecule has 0 saturated heterocycles. The molecule has 1 N–H and O–H groups in total. The largest absolute Gasteiger partial charge is 0.347 e. The molecule has 0 spiro atoms. The van der Waals surface area contributed by atoms with Gasteiger partial charge in [-0.25, -0.2) is 4.98 Å². The van der Waals surface area contributed by atoms with Crippen molar-refractivity contribution >= 4 is 52.0 Å². The SMILES string of the molecule is Cc1nc(-c2ccccc2Cl)sc1CNC(=O)c1ccc(Cl)cc1Cl. The van der Waals surface area contributed by atoms with Gasteiger partial charge in [0.25, 0.3) is 5.91 Å². The van der Waals surface area contributed by atoms with E-state index in [0.29, 0.717) is 27.2 Å². The maximum absolute atomic E-state index is 12.3. The number of rotatable bonds is 4. The summed E-state index contributed by atoms with van der Waals surface area (Å²) in [5.41, 5.74) is 2.14. The number of hydrogen-bond acceptors (Lipinski definition) is 3. The Hall–Kier alpha value is -1.59. The van der Waals surface area contributed by atoms with Crippen molar-refractivity contribution in [2.75, 3.05) is 0 Å². The van der Waals surface area contributed by atoms with Crippen LogP contribution in [-0.2, 0) is 6.54 Å². The highest BCUT2D eigenvalue weighted by atomic mass is 35.5. The molecule has 0 radical (unpaired) electrons. The fraction of sp³-hybridized carbons (Fsp3) is 0.111. The van der Waals surface area contributed by atoms with Gasteiger partial charge < -0.3 is 5.32 Å². The molecular formula is C18H13Cl3N2OS. The highest BCUT2D eigenvalue weighted by molar-refractivity contribution is 7.15. The lowest BCUT2D eigenvalue weighted by molar-refractivity contribution is 0.0951. The number of thiazole rings is 1. The van der Waals surface area contributed by atoms with Crippen molar-refractivity contribution in [3.05, 3.63) is 73.7 Å². The van der Waals surface area contributed by atoms with E-state index >= 15 is 0 Å². The van der Waals surface area contributed by atoms with E-state index in [0.717, 1.165) is 21.1 Å². The van der Waals surface area contributed by atoms with E-state index in [-0.39, 0.29) is 5.91 Å². The van der Waals surface area contributed by atoms with Gasteiger partial charge in [0.05, 0.1) is 27.8 Å². The van der Waals surface area contributed by atoms with Gasteiger partial charge in [-0.1, -0.05) is 53.0 Å². The number of amides is 1. The van der Waals surface area contributed by atoms with Gasteiger partial charge in [-0.05, 0) is 31.2 Å². The average Bonchev–Trinajstić information content (AvgIpc) is 2.94. The highest BCUT2D eigenvalue weighted by Gasteiger charge is 2.14. The zero-order valence-corrected chi connectivity index (χ0v) is 16.2. The molecule has 1 amide bonds. The first-order valence-corrected chi connectivity index (χ1v) is 9.35. The van der Waals surface area contributed by atoms with Crippen molar-refractivity contribution in [1.82, 2.24) is 10.3 Å². The summed E-state index contributed by atoms with van der Waals surface area (Å²) in [6.07, 6.45) is 0. The number of nitrogens with one attached hydrogen (secondary N) is 1. The molecule has 0 bridgehead atoms. The topological polar surface area (TPSA) is 42.0 Å². The molecule has 0 saturated carbocycles. The minimum absolute atomic E-state index is 0.256. The predicted molar refractivity (Wildman–Crippen MR) is 105 cm³/mol. The van der Waals surface area contributed by atoms with Crippen LogP contribution in [0.5, 0.6) is 0 Å². The van der Waals surface area contributed by atoms with Gasteiger partial charge in [0, 0.05) is 15.5 Å². The van der Waals surface area contributed by atoms with Crippen LogP contribution in [0.3, 0.4) is 0 Å². The molecule has 0 fully saturated rings. The first kappa shape index (κ1) is 18.2. The summed E-state index contributed by atoms with van der Waals surface area (Å²) >= 11 is 19.7. The van der Waals surface area contributed by atoms with Crippen molar-refractivity contribution < 1.29 is 4.79 Å². The number of halogens is 3. The minimum atomic E-state index is -0.256. The van der Waals surface area contributed by atoms with Crippen LogP contribution in [0.25, 0.3) is 10.6 Å². The van der Waals surface area contributed by atoms with E-state index in [9.17, 15) is 4.79 Å². The molecule has 1 heterocycles. The third-order valence-corrected chi connectivity index (χ3v) is 5.65. The lowest BCUT2D eigenvalue weighted by atomic mass is 10.2. The Balaban J connectivity index is 1.76. The number of carbonyl (C=O) groups is 1. The molecule has 0 unspecified atom stereocenters. The Labute approximate surface area is 164 Å². The van der Waals surface area contributed by atoms with Crippen LogP contribution in [0.4, 0.5) is 0 Å². The highest BCUT2D eigenvalue weighted by Crippen LogP contribution is 2.32. The van der Waals surface area contributed by atoms with E-state index < -0.39 is 0 Å². The van der Waals surface area contributed by atoms with Crippen LogP contribution in [0.15, 0.2) is 42.5 Å². The van der Waals surface area contributed by atoms with Gasteiger partial charge >= 0.3 is 0 Å². The fourth-order valence-electron chi connectivity index (χ4n) is 2.27. The number of aryl methyl sites for hydroxylation is 1. The van der Waals surface area contributed by atoms with Gasteiger partial charge in [-0.3, -0.25) is 4.79 Å². The number of carbonyl (C=O) groups excluding carboxylic acids is 1. The van der Waals surface area contributed by atoms with E-state index in [1.54, 1.807) is 18.2 Å². The molecule has 25 heavy (non-hydrogen) atoms. The van der Waals surface area contributed by atoms with Crippen LogP contribution in [0.1, 0.15) is 20.9 Å². The molecule has 0 aliphatic heterocycles. The maximum atomic E-state index is 12.3. The molecule has 3 rings (SSSR count). The van der Waals surface area contributed by atoms with Gasteiger partial charge in [0.15, 0.2) is 0 Å². The normalized spacial score (nSPS) is 10.7. The van der Waals surface area contributed by atoms with E-state index in [2.05, 4.69) is 10.3 Å². The third kappa shape index (κ3) is 4.15. The van der Waals surface area contributed by atoms with Crippen molar-refractivity contribution in [3.8, 4) is 10.6 Å². The summed E-state index contributed by atoms with van der Waals surface area (Å²) < 4.78 is 0. The Bertz CT molecular complexity index is 940. The summed E-state index contributed by atoms with van der Waals surface area (Å²) in [4.78, 5) is 17.8. The minimum Gasteiger partial charge on any atom is -0.347 e. The zero-order valence-electron chi connectivity index (χ0n) is 13.1. The standard InChI is InChI=1S/C18H13Cl3N2OS/c1-10-16(25-18(23-10)13-4-2-3-5-14(13)20)9-22-17(24)12-7-6-11(19)8-15(12)21/h2-8H,9H2,1H3,(H,22,24). The quantitative estimate of drug-likeness (QED) is 0.571. The summed E-state index contributed by atoms with van der Waals surface area (Å²) in [6.45, 7) is 2.28. The molecule has 0 aliphatic carbocycles. The molecular weight excluding hydrogens is 399 g/mol. The average molecular weight is 412 g/mol. The molecule has 3 nitrogen and oxygen atoms in total. The molecule has 0 aliphatic rings. The second kappa shape index (κ2) is 7.75. The van der Waals surface area contributed by atoms with Crippen molar-refractivity contribution in [1.29, 1.82) is 0 Å². The van der Waals surface area contributed by atoms with Crippen LogP contribution in [0, 0.1) is 6.92 Å². The fourth-order valence-corrected chi connectivity index (χ4v) is 4.09. The third-order valence-electron chi connectivity index (χ3n) is 3.58. The number of aromatic nitrogens is 1. The van der Waals surface area contributed by atoms with Gasteiger partial charge in [0.1, 0.15) is 5.01 Å². The molecule has 128 valence electrons.